The first-order valence-electron chi connectivity index (χ1n) is 9.83. The minimum atomic E-state index is -0.882. The molecule has 1 aliphatic heterocycles. The van der Waals surface area contributed by atoms with Crippen molar-refractivity contribution in [2.24, 2.45) is 0 Å². The van der Waals surface area contributed by atoms with Gasteiger partial charge in [0, 0.05) is 25.3 Å². The second-order valence-corrected chi connectivity index (χ2v) is 8.04. The van der Waals surface area contributed by atoms with E-state index in [1.54, 1.807) is 19.9 Å². The summed E-state index contributed by atoms with van der Waals surface area (Å²) >= 11 is 0. The molecule has 7 nitrogen and oxygen atoms in total. The van der Waals surface area contributed by atoms with E-state index in [0.29, 0.717) is 49.8 Å². The lowest BCUT2D eigenvalue weighted by atomic mass is 10.1. The minimum absolute atomic E-state index is 0.212. The maximum Gasteiger partial charge on any atom is 0.257 e. The van der Waals surface area contributed by atoms with E-state index in [2.05, 4.69) is 15.5 Å². The van der Waals surface area contributed by atoms with Crippen molar-refractivity contribution in [1.29, 1.82) is 0 Å². The van der Waals surface area contributed by atoms with Gasteiger partial charge in [-0.3, -0.25) is 4.79 Å². The Morgan fingerprint density at radius 1 is 1.21 bits per heavy atom. The molecule has 29 heavy (non-hydrogen) atoms. The Morgan fingerprint density at radius 3 is 2.48 bits per heavy atom. The largest absolute Gasteiger partial charge is 0.397 e. The van der Waals surface area contributed by atoms with Crippen LogP contribution in [0, 0.1) is 6.92 Å². The summed E-state index contributed by atoms with van der Waals surface area (Å²) in [5.41, 5.74) is 9.67. The molecule has 1 fully saturated rings. The van der Waals surface area contributed by atoms with Crippen molar-refractivity contribution in [3.63, 3.8) is 0 Å². The fourth-order valence-corrected chi connectivity index (χ4v) is 3.15. The van der Waals surface area contributed by atoms with E-state index in [1.165, 1.54) is 0 Å². The van der Waals surface area contributed by atoms with Crippen molar-refractivity contribution in [3.8, 4) is 0 Å². The van der Waals surface area contributed by atoms with Crippen LogP contribution in [0.3, 0.4) is 0 Å². The van der Waals surface area contributed by atoms with Gasteiger partial charge in [0.2, 0.25) is 0 Å². The maximum atomic E-state index is 13.1. The molecule has 5 N–H and O–H groups in total. The van der Waals surface area contributed by atoms with Crippen LogP contribution in [-0.2, 0) is 4.74 Å². The predicted octanol–water partition coefficient (Wildman–Crippen LogP) is 2.85. The Balaban J connectivity index is 1.91. The molecular formula is C22H30N4O3. The zero-order valence-electron chi connectivity index (χ0n) is 17.3. The Kier molecular flexibility index (Phi) is 6.30. The van der Waals surface area contributed by atoms with E-state index < -0.39 is 5.60 Å². The van der Waals surface area contributed by atoms with Crippen LogP contribution in [0.5, 0.6) is 0 Å². The summed E-state index contributed by atoms with van der Waals surface area (Å²) < 4.78 is 5.46. The number of benzene rings is 2. The molecule has 0 saturated carbocycles. The minimum Gasteiger partial charge on any atom is -0.397 e. The normalized spacial score (nSPS) is 14.6. The number of nitrogens with zero attached hydrogens (tertiary/aromatic N) is 1. The highest BCUT2D eigenvalue weighted by atomic mass is 16.5. The molecule has 2 aromatic carbocycles. The molecular weight excluding hydrogens is 368 g/mol. The van der Waals surface area contributed by atoms with Gasteiger partial charge in [0.1, 0.15) is 0 Å². The van der Waals surface area contributed by atoms with E-state index in [9.17, 15) is 9.90 Å². The number of nitrogens with two attached hydrogens (primary N) is 1. The number of nitrogen functional groups attached to an aromatic ring is 1. The van der Waals surface area contributed by atoms with Gasteiger partial charge in [-0.25, -0.2) is 0 Å². The average molecular weight is 399 g/mol. The SMILES string of the molecule is Cc1ccc(NC(=O)c2cc(N)c(NCC(C)(C)O)cc2N2CCOCC2)cc1. The number of hydrogen-bond acceptors (Lipinski definition) is 6. The first kappa shape index (κ1) is 21.0. The van der Waals surface area contributed by atoms with Gasteiger partial charge in [-0.05, 0) is 45.0 Å². The monoisotopic (exact) mass is 398 g/mol. The second kappa shape index (κ2) is 8.71. The molecule has 0 aliphatic carbocycles. The number of aryl methyl sites for hydroxylation is 1. The van der Waals surface area contributed by atoms with Crippen LogP contribution in [0.1, 0.15) is 29.8 Å². The van der Waals surface area contributed by atoms with E-state index in [0.717, 1.165) is 16.9 Å². The smallest absolute Gasteiger partial charge is 0.257 e. The summed E-state index contributed by atoms with van der Waals surface area (Å²) in [4.78, 5) is 15.2. The van der Waals surface area contributed by atoms with Crippen molar-refractivity contribution in [3.05, 3.63) is 47.5 Å². The number of amides is 1. The fraction of sp³-hybridized carbons (Fsp3) is 0.409. The summed E-state index contributed by atoms with van der Waals surface area (Å²) in [6.45, 7) is 8.40. The van der Waals surface area contributed by atoms with Crippen molar-refractivity contribution in [1.82, 2.24) is 0 Å². The molecule has 156 valence electrons. The van der Waals surface area contributed by atoms with Crippen molar-refractivity contribution in [2.45, 2.75) is 26.4 Å². The lowest BCUT2D eigenvalue weighted by Crippen LogP contribution is -2.37. The first-order valence-corrected chi connectivity index (χ1v) is 9.83. The van der Waals surface area contributed by atoms with E-state index in [1.807, 2.05) is 37.3 Å². The van der Waals surface area contributed by atoms with E-state index in [-0.39, 0.29) is 5.91 Å². The van der Waals surface area contributed by atoms with Crippen LogP contribution < -0.4 is 21.3 Å². The highest BCUT2D eigenvalue weighted by Crippen LogP contribution is 2.32. The fourth-order valence-electron chi connectivity index (χ4n) is 3.15. The first-order chi connectivity index (χ1) is 13.7. The average Bonchev–Trinajstić information content (AvgIpc) is 2.68. The van der Waals surface area contributed by atoms with Gasteiger partial charge >= 0.3 is 0 Å². The molecule has 0 bridgehead atoms. The molecule has 0 aromatic heterocycles. The number of carbonyl (C=O) groups is 1. The van der Waals surface area contributed by atoms with Crippen LogP contribution in [0.15, 0.2) is 36.4 Å². The Bertz CT molecular complexity index is 854. The standard InChI is InChI=1S/C22H30N4O3/c1-15-4-6-16(7-5-15)25-21(27)17-12-18(23)19(24-14-22(2,3)28)13-20(17)26-8-10-29-11-9-26/h4-7,12-13,24,28H,8-11,14,23H2,1-3H3,(H,25,27). The van der Waals surface area contributed by atoms with Crippen molar-refractivity contribution < 1.29 is 14.6 Å². The summed E-state index contributed by atoms with van der Waals surface area (Å²) in [5.74, 6) is -0.212. The van der Waals surface area contributed by atoms with Gasteiger partial charge < -0.3 is 31.1 Å². The third kappa shape index (κ3) is 5.62. The van der Waals surface area contributed by atoms with Gasteiger partial charge in [-0.2, -0.15) is 0 Å². The molecule has 1 heterocycles. The van der Waals surface area contributed by atoms with Crippen LogP contribution >= 0.6 is 0 Å². The maximum absolute atomic E-state index is 13.1. The number of nitrogens with one attached hydrogen (secondary N) is 2. The molecule has 1 saturated heterocycles. The zero-order chi connectivity index (χ0) is 21.0. The van der Waals surface area contributed by atoms with Crippen LogP contribution in [0.2, 0.25) is 0 Å². The molecule has 0 radical (unpaired) electrons. The van der Waals surface area contributed by atoms with Gasteiger partial charge in [0.05, 0.1) is 41.4 Å². The van der Waals surface area contributed by atoms with Crippen molar-refractivity contribution in [2.75, 3.05) is 54.1 Å². The second-order valence-electron chi connectivity index (χ2n) is 8.04. The number of aliphatic hydroxyl groups is 1. The van der Waals surface area contributed by atoms with Crippen LogP contribution in [0.25, 0.3) is 0 Å². The third-order valence-electron chi connectivity index (χ3n) is 4.79. The molecule has 1 amide bonds. The van der Waals surface area contributed by atoms with Gasteiger partial charge in [-0.15, -0.1) is 0 Å². The van der Waals surface area contributed by atoms with E-state index >= 15 is 0 Å². The summed E-state index contributed by atoms with van der Waals surface area (Å²) in [7, 11) is 0. The molecule has 1 aliphatic rings. The Labute approximate surface area is 171 Å². The Morgan fingerprint density at radius 2 is 1.86 bits per heavy atom. The zero-order valence-corrected chi connectivity index (χ0v) is 17.3. The lowest BCUT2D eigenvalue weighted by molar-refractivity contribution is 0.0944. The quantitative estimate of drug-likeness (QED) is 0.559. The summed E-state index contributed by atoms with van der Waals surface area (Å²) in [5, 5.41) is 16.2. The Hall–Kier alpha value is -2.77. The molecule has 0 spiro atoms. The topological polar surface area (TPSA) is 99.9 Å². The molecule has 2 aromatic rings. The highest BCUT2D eigenvalue weighted by molar-refractivity contribution is 6.09. The molecule has 0 unspecified atom stereocenters. The van der Waals surface area contributed by atoms with Crippen molar-refractivity contribution >= 4 is 28.7 Å². The van der Waals surface area contributed by atoms with Crippen LogP contribution in [-0.4, -0.2) is 49.5 Å². The molecule has 3 rings (SSSR count). The number of ether oxygens (including phenoxy) is 1. The highest BCUT2D eigenvalue weighted by Gasteiger charge is 2.22. The third-order valence-corrected chi connectivity index (χ3v) is 4.79. The van der Waals surface area contributed by atoms with Gasteiger partial charge in [-0.1, -0.05) is 17.7 Å². The van der Waals surface area contributed by atoms with Gasteiger partial charge in [0.15, 0.2) is 0 Å². The molecule has 7 heteroatoms. The number of rotatable bonds is 6. The number of carbonyl (C=O) groups excluding carboxylic acids is 1. The number of hydrogen-bond donors (Lipinski definition) is 4. The predicted molar refractivity (Wildman–Crippen MR) is 118 cm³/mol. The van der Waals surface area contributed by atoms with Crippen LogP contribution in [0.4, 0.5) is 22.7 Å². The summed E-state index contributed by atoms with van der Waals surface area (Å²) in [6.07, 6.45) is 0. The van der Waals surface area contributed by atoms with E-state index in [4.69, 9.17) is 10.5 Å². The number of morpholine rings is 1. The number of anilines is 4. The lowest BCUT2D eigenvalue weighted by Gasteiger charge is -2.31. The summed E-state index contributed by atoms with van der Waals surface area (Å²) in [6, 6.07) is 11.2. The van der Waals surface area contributed by atoms with Gasteiger partial charge in [0.25, 0.3) is 5.91 Å². The molecule has 0 atom stereocenters.